The summed E-state index contributed by atoms with van der Waals surface area (Å²) in [5.41, 5.74) is 6.18. The lowest BCUT2D eigenvalue weighted by molar-refractivity contribution is -0.122. The quantitative estimate of drug-likeness (QED) is 0.168. The number of carbonyl (C=O) groups excluding carboxylic acids is 3. The van der Waals surface area contributed by atoms with Crippen molar-refractivity contribution in [1.82, 2.24) is 0 Å². The van der Waals surface area contributed by atoms with Gasteiger partial charge in [0.15, 0.2) is 0 Å². The molecule has 3 aromatic rings. The maximum atomic E-state index is 11.9. The second-order valence-corrected chi connectivity index (χ2v) is 13.7. The van der Waals surface area contributed by atoms with E-state index < -0.39 is 0 Å². The molecule has 0 saturated heterocycles. The van der Waals surface area contributed by atoms with E-state index in [0.29, 0.717) is 30.8 Å². The third-order valence-corrected chi connectivity index (χ3v) is 9.05. The summed E-state index contributed by atoms with van der Waals surface area (Å²) in [7, 11) is 1.82. The second kappa shape index (κ2) is 13.3. The summed E-state index contributed by atoms with van der Waals surface area (Å²) in [5.74, 6) is 0.810. The smallest absolute Gasteiger partial charge is 0.236 e. The third kappa shape index (κ3) is 6.98. The van der Waals surface area contributed by atoms with Crippen molar-refractivity contribution in [2.24, 2.45) is 0 Å². The van der Waals surface area contributed by atoms with Gasteiger partial charge in [-0.1, -0.05) is 88.6 Å². The Balaban J connectivity index is 0.000000161. The number of carbonyl (C=O) groups is 3. The van der Waals surface area contributed by atoms with Crippen LogP contribution in [-0.2, 0) is 44.5 Å². The van der Waals surface area contributed by atoms with Gasteiger partial charge < -0.3 is 4.90 Å². The Morgan fingerprint density at radius 3 is 1.77 bits per heavy atom. The first-order valence-corrected chi connectivity index (χ1v) is 17.3. The number of fused-ring (bicyclic) bond motifs is 3. The fraction of sp³-hybridized carbons (Fsp3) is 0.344. The average Bonchev–Trinajstić information content (AvgIpc) is 3.43. The van der Waals surface area contributed by atoms with E-state index in [-0.39, 0.29) is 16.7 Å². The zero-order valence-electron chi connectivity index (χ0n) is 23.5. The largest absolute Gasteiger partial charge is 0.314 e. The fourth-order valence-corrected chi connectivity index (χ4v) is 6.40. The number of amides is 1. The molecule has 0 unspecified atom stereocenters. The minimum absolute atomic E-state index is 0.158. The predicted molar refractivity (Wildman–Crippen MR) is 183 cm³/mol. The van der Waals surface area contributed by atoms with E-state index in [2.05, 4.69) is 70.4 Å². The first-order chi connectivity index (χ1) is 18.7. The molecule has 6 rings (SSSR count). The topological polar surface area (TPSA) is 54.5 Å². The molecule has 1 aliphatic heterocycles. The summed E-state index contributed by atoms with van der Waals surface area (Å²) in [4.78, 5) is 38.2. The van der Waals surface area contributed by atoms with Crippen molar-refractivity contribution in [3.63, 3.8) is 0 Å². The number of ketones is 2. The molecule has 1 amide bonds. The molecule has 3 aliphatic rings. The van der Waals surface area contributed by atoms with Crippen LogP contribution in [0.15, 0.2) is 68.0 Å². The second-order valence-electron chi connectivity index (χ2n) is 11.0. The molecule has 40 heavy (non-hydrogen) atoms. The van der Waals surface area contributed by atoms with E-state index >= 15 is 0 Å². The van der Waals surface area contributed by atoms with E-state index in [9.17, 15) is 14.4 Å². The molecule has 3 aromatic carbocycles. The first kappa shape index (κ1) is 33.1. The summed E-state index contributed by atoms with van der Waals surface area (Å²) in [6, 6.07) is 18.1. The van der Waals surface area contributed by atoms with Gasteiger partial charge in [0.05, 0.1) is 5.41 Å². The monoisotopic (exact) mass is 843 g/mol. The van der Waals surface area contributed by atoms with Crippen LogP contribution in [0.4, 0.5) is 5.69 Å². The summed E-state index contributed by atoms with van der Waals surface area (Å²) < 4.78 is 3.12. The van der Waals surface area contributed by atoms with Crippen molar-refractivity contribution in [2.75, 3.05) is 16.9 Å². The van der Waals surface area contributed by atoms with Crippen LogP contribution in [0, 0.1) is 0 Å². The molecule has 0 fully saturated rings. The molecule has 8 heteroatoms. The SMILES string of the molecule is CC1(C)C(=O)Cc2cc(Br)ccc21.CI.CN1C(=O)C(C)(C)c2ccc(Br)cc21.O=C1Cc2ccc(Br)cc2C1. The lowest BCUT2D eigenvalue weighted by atomic mass is 9.86. The van der Waals surface area contributed by atoms with Crippen LogP contribution in [0.25, 0.3) is 0 Å². The van der Waals surface area contributed by atoms with E-state index in [0.717, 1.165) is 24.7 Å². The Labute approximate surface area is 276 Å². The summed E-state index contributed by atoms with van der Waals surface area (Å²) in [6.07, 6.45) is 1.83. The van der Waals surface area contributed by atoms with Gasteiger partial charge in [-0.15, -0.1) is 0 Å². The predicted octanol–water partition coefficient (Wildman–Crippen LogP) is 8.72. The normalized spacial score (nSPS) is 16.9. The molecule has 0 bridgehead atoms. The maximum absolute atomic E-state index is 11.9. The van der Waals surface area contributed by atoms with E-state index in [1.807, 2.05) is 94.3 Å². The van der Waals surface area contributed by atoms with Crippen LogP contribution in [-0.4, -0.2) is 29.5 Å². The number of hydrogen-bond donors (Lipinski definition) is 0. The zero-order valence-corrected chi connectivity index (χ0v) is 30.4. The minimum Gasteiger partial charge on any atom is -0.314 e. The van der Waals surface area contributed by atoms with Crippen molar-refractivity contribution in [1.29, 1.82) is 0 Å². The van der Waals surface area contributed by atoms with Crippen molar-refractivity contribution in [3.8, 4) is 0 Å². The summed E-state index contributed by atoms with van der Waals surface area (Å²) in [5, 5.41) is 0. The van der Waals surface area contributed by atoms with Gasteiger partial charge in [-0.05, 0) is 96.8 Å². The number of halogens is 4. The van der Waals surface area contributed by atoms with Gasteiger partial charge >= 0.3 is 0 Å². The van der Waals surface area contributed by atoms with Gasteiger partial charge in [0, 0.05) is 50.8 Å². The van der Waals surface area contributed by atoms with Crippen LogP contribution in [0.3, 0.4) is 0 Å². The zero-order chi connectivity index (χ0) is 30.0. The average molecular weight is 846 g/mol. The third-order valence-electron chi connectivity index (χ3n) is 7.57. The van der Waals surface area contributed by atoms with Crippen LogP contribution < -0.4 is 4.90 Å². The summed E-state index contributed by atoms with van der Waals surface area (Å²) >= 11 is 12.3. The number of nitrogens with zero attached hydrogens (tertiary/aromatic N) is 1. The summed E-state index contributed by atoms with van der Waals surface area (Å²) in [6.45, 7) is 7.92. The van der Waals surface area contributed by atoms with Crippen LogP contribution in [0.5, 0.6) is 0 Å². The Bertz CT molecular complexity index is 1470. The Hall–Kier alpha value is -1.36. The van der Waals surface area contributed by atoms with E-state index in [4.69, 9.17) is 0 Å². The Morgan fingerprint density at radius 2 is 1.15 bits per heavy atom. The first-order valence-electron chi connectivity index (χ1n) is 12.8. The highest BCUT2D eigenvalue weighted by Crippen LogP contribution is 2.41. The molecule has 0 aromatic heterocycles. The van der Waals surface area contributed by atoms with E-state index in [1.165, 1.54) is 22.3 Å². The molecule has 4 nitrogen and oxygen atoms in total. The molecule has 1 heterocycles. The molecular weight excluding hydrogens is 813 g/mol. The van der Waals surface area contributed by atoms with Gasteiger partial charge in [0.1, 0.15) is 11.6 Å². The lowest BCUT2D eigenvalue weighted by Crippen LogP contribution is -2.33. The number of benzene rings is 3. The highest BCUT2D eigenvalue weighted by Gasteiger charge is 2.42. The molecule has 0 N–H and O–H groups in total. The molecule has 0 saturated carbocycles. The van der Waals surface area contributed by atoms with Crippen LogP contribution in [0.2, 0.25) is 0 Å². The molecule has 2 aliphatic carbocycles. The van der Waals surface area contributed by atoms with Gasteiger partial charge in [0.2, 0.25) is 5.91 Å². The minimum atomic E-state index is -0.384. The number of alkyl halides is 1. The van der Waals surface area contributed by atoms with Crippen molar-refractivity contribution >= 4 is 93.5 Å². The fourth-order valence-electron chi connectivity index (χ4n) is 5.24. The van der Waals surface area contributed by atoms with Crippen LogP contribution in [0.1, 0.15) is 55.5 Å². The Morgan fingerprint density at radius 1 is 0.650 bits per heavy atom. The Kier molecular flexibility index (Phi) is 11.0. The standard InChI is InChI=1S/C11H12BrNO.C11H11BrO.C9H7BrO.CH3I/c1-11(2)8-5-4-7(12)6-9(8)13(3)10(11)14;1-11(2)9-4-3-8(12)5-7(9)6-10(11)13;10-8-2-1-6-4-9(11)5-7(6)3-8;1-2/h4-6H,1-3H3;3-5H,6H2,1-2H3;1-3H,4-5H2;1H3. The van der Waals surface area contributed by atoms with Crippen molar-refractivity contribution in [2.45, 2.75) is 57.8 Å². The molecule has 0 atom stereocenters. The van der Waals surface area contributed by atoms with Gasteiger partial charge in [-0.2, -0.15) is 0 Å². The number of hydrogen-bond acceptors (Lipinski definition) is 3. The van der Waals surface area contributed by atoms with Gasteiger partial charge in [-0.3, -0.25) is 14.4 Å². The van der Waals surface area contributed by atoms with Gasteiger partial charge in [0.25, 0.3) is 0 Å². The highest BCUT2D eigenvalue weighted by atomic mass is 127. The molecule has 0 spiro atoms. The highest BCUT2D eigenvalue weighted by molar-refractivity contribution is 14.1. The molecule has 0 radical (unpaired) electrons. The number of rotatable bonds is 0. The van der Waals surface area contributed by atoms with Crippen molar-refractivity contribution < 1.29 is 14.4 Å². The molecule has 212 valence electrons. The number of likely N-dealkylation sites (N-methyl/N-ethyl adjacent to an activating group) is 1. The van der Waals surface area contributed by atoms with E-state index in [1.54, 1.807) is 4.90 Å². The number of anilines is 1. The van der Waals surface area contributed by atoms with Gasteiger partial charge in [-0.25, -0.2) is 0 Å². The number of Topliss-reactive ketones (excluding diaryl/α,β-unsaturated/α-hetero) is 2. The maximum Gasteiger partial charge on any atom is 0.236 e. The lowest BCUT2D eigenvalue weighted by Gasteiger charge is -2.16. The van der Waals surface area contributed by atoms with Crippen molar-refractivity contribution in [3.05, 3.63) is 95.8 Å². The van der Waals surface area contributed by atoms with Crippen LogP contribution >= 0.6 is 70.4 Å². The molecular formula is C32H33Br3INO3.